The number of nitro benzene ring substituents is 2. The lowest BCUT2D eigenvalue weighted by Crippen LogP contribution is -2.19. The largest absolute Gasteiger partial charge is 0.326 e. The molecule has 0 heterocycles. The third-order valence-corrected chi connectivity index (χ3v) is 3.53. The molecule has 0 unspecified atom stereocenters. The molecule has 0 atom stereocenters. The second kappa shape index (κ2) is 8.49. The van der Waals surface area contributed by atoms with Crippen molar-refractivity contribution >= 4 is 34.6 Å². The molecule has 0 aliphatic heterocycles. The predicted octanol–water partition coefficient (Wildman–Crippen LogP) is 2.62. The van der Waals surface area contributed by atoms with Crippen LogP contribution in [0.25, 0.3) is 0 Å². The number of rotatable bonds is 6. The molecule has 0 saturated heterocycles. The van der Waals surface area contributed by atoms with Gasteiger partial charge in [0, 0.05) is 24.7 Å². The summed E-state index contributed by atoms with van der Waals surface area (Å²) in [4.78, 5) is 43.3. The molecule has 2 aromatic rings. The number of anilines is 1. The number of carbonyl (C=O) groups excluding carboxylic acids is 2. The number of benzene rings is 2. The van der Waals surface area contributed by atoms with Gasteiger partial charge in [-0.25, -0.2) is 5.43 Å². The highest BCUT2D eigenvalue weighted by atomic mass is 16.6. The van der Waals surface area contributed by atoms with Crippen LogP contribution in [0, 0.1) is 20.2 Å². The molecule has 0 aliphatic rings. The summed E-state index contributed by atoms with van der Waals surface area (Å²) in [6, 6.07) is 9.28. The lowest BCUT2D eigenvalue weighted by molar-refractivity contribution is -0.394. The van der Waals surface area contributed by atoms with Gasteiger partial charge in [-0.05, 0) is 24.6 Å². The molecule has 0 bridgehead atoms. The van der Waals surface area contributed by atoms with E-state index in [1.807, 2.05) is 0 Å². The Labute approximate surface area is 158 Å². The topological polar surface area (TPSA) is 157 Å². The fourth-order valence-corrected chi connectivity index (χ4v) is 2.20. The number of amides is 2. The highest BCUT2D eigenvalue weighted by Crippen LogP contribution is 2.22. The lowest BCUT2D eigenvalue weighted by Gasteiger charge is -2.05. The van der Waals surface area contributed by atoms with E-state index < -0.39 is 27.1 Å². The summed E-state index contributed by atoms with van der Waals surface area (Å²) in [6.07, 6.45) is 0. The monoisotopic (exact) mass is 385 g/mol. The quantitative estimate of drug-likeness (QED) is 0.442. The molecule has 0 radical (unpaired) electrons. The summed E-state index contributed by atoms with van der Waals surface area (Å²) in [5, 5.41) is 28.3. The van der Waals surface area contributed by atoms with Gasteiger partial charge in [0.2, 0.25) is 5.91 Å². The van der Waals surface area contributed by atoms with Crippen LogP contribution in [0.15, 0.2) is 47.6 Å². The zero-order valence-corrected chi connectivity index (χ0v) is 14.8. The molecule has 2 N–H and O–H groups in total. The molecule has 11 heteroatoms. The van der Waals surface area contributed by atoms with Crippen molar-refractivity contribution < 1.29 is 19.4 Å². The van der Waals surface area contributed by atoms with Gasteiger partial charge >= 0.3 is 0 Å². The Hall–Kier alpha value is -4.15. The highest BCUT2D eigenvalue weighted by Gasteiger charge is 2.19. The van der Waals surface area contributed by atoms with E-state index in [1.54, 1.807) is 31.2 Å². The fraction of sp³-hybridized carbons (Fsp3) is 0.118. The van der Waals surface area contributed by atoms with Crippen molar-refractivity contribution in [2.24, 2.45) is 5.10 Å². The molecule has 0 saturated carbocycles. The summed E-state index contributed by atoms with van der Waals surface area (Å²) in [5.74, 6) is -1.04. The van der Waals surface area contributed by atoms with Crippen molar-refractivity contribution in [2.75, 3.05) is 5.32 Å². The van der Waals surface area contributed by atoms with Gasteiger partial charge in [0.15, 0.2) is 0 Å². The molecule has 144 valence electrons. The lowest BCUT2D eigenvalue weighted by atomic mass is 10.1. The predicted molar refractivity (Wildman–Crippen MR) is 100 cm³/mol. The van der Waals surface area contributed by atoms with Gasteiger partial charge < -0.3 is 5.32 Å². The number of hydrogen-bond acceptors (Lipinski definition) is 7. The Balaban J connectivity index is 2.19. The average molecular weight is 385 g/mol. The Kier molecular flexibility index (Phi) is 6.11. The molecule has 0 spiro atoms. The van der Waals surface area contributed by atoms with Crippen molar-refractivity contribution in [3.8, 4) is 0 Å². The van der Waals surface area contributed by atoms with Gasteiger partial charge in [-0.2, -0.15) is 5.10 Å². The average Bonchev–Trinajstić information content (AvgIpc) is 2.65. The number of non-ortho nitro benzene ring substituents is 2. The first-order valence-corrected chi connectivity index (χ1v) is 7.84. The van der Waals surface area contributed by atoms with Crippen molar-refractivity contribution in [3.63, 3.8) is 0 Å². The van der Waals surface area contributed by atoms with Gasteiger partial charge in [-0.15, -0.1) is 0 Å². The Morgan fingerprint density at radius 1 is 0.893 bits per heavy atom. The number of hydrogen-bond donors (Lipinski definition) is 2. The van der Waals surface area contributed by atoms with Gasteiger partial charge in [0.25, 0.3) is 17.3 Å². The zero-order valence-electron chi connectivity index (χ0n) is 14.8. The zero-order chi connectivity index (χ0) is 20.8. The first kappa shape index (κ1) is 20.2. The van der Waals surface area contributed by atoms with Crippen molar-refractivity contribution in [1.82, 2.24) is 5.43 Å². The van der Waals surface area contributed by atoms with Crippen LogP contribution in [0.4, 0.5) is 17.1 Å². The maximum Gasteiger partial charge on any atom is 0.277 e. The van der Waals surface area contributed by atoms with Crippen LogP contribution >= 0.6 is 0 Å². The molecule has 0 aromatic heterocycles. The molecule has 2 aromatic carbocycles. The van der Waals surface area contributed by atoms with Crippen molar-refractivity contribution in [2.45, 2.75) is 13.8 Å². The van der Waals surface area contributed by atoms with Crippen LogP contribution in [0.3, 0.4) is 0 Å². The second-order valence-corrected chi connectivity index (χ2v) is 5.65. The highest BCUT2D eigenvalue weighted by molar-refractivity contribution is 6.01. The number of nitrogens with zero attached hydrogens (tertiary/aromatic N) is 3. The number of carbonyl (C=O) groups is 2. The van der Waals surface area contributed by atoms with E-state index in [0.717, 1.165) is 18.2 Å². The summed E-state index contributed by atoms with van der Waals surface area (Å²) in [5.41, 5.74) is 2.46. The van der Waals surface area contributed by atoms with Gasteiger partial charge in [0.05, 0.1) is 27.2 Å². The van der Waals surface area contributed by atoms with E-state index in [0.29, 0.717) is 17.0 Å². The van der Waals surface area contributed by atoms with Crippen LogP contribution in [-0.4, -0.2) is 27.4 Å². The third-order valence-electron chi connectivity index (χ3n) is 3.53. The minimum Gasteiger partial charge on any atom is -0.326 e. The van der Waals surface area contributed by atoms with Crippen LogP contribution in [-0.2, 0) is 4.79 Å². The van der Waals surface area contributed by atoms with Gasteiger partial charge in [-0.1, -0.05) is 12.1 Å². The van der Waals surface area contributed by atoms with Crippen molar-refractivity contribution in [1.29, 1.82) is 0 Å². The maximum absolute atomic E-state index is 12.2. The van der Waals surface area contributed by atoms with Crippen molar-refractivity contribution in [3.05, 3.63) is 73.8 Å². The van der Waals surface area contributed by atoms with E-state index in [1.165, 1.54) is 6.92 Å². The van der Waals surface area contributed by atoms with Crippen LogP contribution in [0.2, 0.25) is 0 Å². The standard InChI is InChI=1S/C17H15N5O6/c1-10(12-3-5-14(6-4-12)18-11(2)23)19-20-17(24)13-7-15(21(25)26)9-16(8-13)22(27)28/h3-9H,1-2H3,(H,18,23)(H,20,24)/b19-10+. The second-order valence-electron chi connectivity index (χ2n) is 5.65. The molecule has 2 amide bonds. The molecule has 2 rings (SSSR count). The Bertz CT molecular complexity index is 952. The summed E-state index contributed by atoms with van der Waals surface area (Å²) in [6.45, 7) is 3.00. The van der Waals surface area contributed by atoms with E-state index in [4.69, 9.17) is 0 Å². The van der Waals surface area contributed by atoms with E-state index in [2.05, 4.69) is 15.8 Å². The number of nitro groups is 2. The maximum atomic E-state index is 12.2. The molecule has 11 nitrogen and oxygen atoms in total. The summed E-state index contributed by atoms with van der Waals surface area (Å²) >= 11 is 0. The van der Waals surface area contributed by atoms with Gasteiger partial charge in [0.1, 0.15) is 0 Å². The summed E-state index contributed by atoms with van der Waals surface area (Å²) < 4.78 is 0. The first-order valence-electron chi connectivity index (χ1n) is 7.84. The van der Waals surface area contributed by atoms with Crippen LogP contribution < -0.4 is 10.7 Å². The van der Waals surface area contributed by atoms with E-state index in [-0.39, 0.29) is 11.5 Å². The minimum absolute atomic E-state index is 0.212. The minimum atomic E-state index is -0.832. The van der Waals surface area contributed by atoms with E-state index >= 15 is 0 Å². The normalized spacial score (nSPS) is 10.9. The van der Waals surface area contributed by atoms with Crippen LogP contribution in [0.5, 0.6) is 0 Å². The molecule has 0 fully saturated rings. The van der Waals surface area contributed by atoms with Crippen LogP contribution in [0.1, 0.15) is 29.8 Å². The summed E-state index contributed by atoms with van der Waals surface area (Å²) in [7, 11) is 0. The SMILES string of the molecule is CC(=O)Nc1ccc(/C(C)=N/NC(=O)c2cc([N+](=O)[O-])cc([N+](=O)[O-])c2)cc1. The molecule has 0 aliphatic carbocycles. The van der Waals surface area contributed by atoms with Gasteiger partial charge in [-0.3, -0.25) is 29.8 Å². The Morgan fingerprint density at radius 2 is 1.43 bits per heavy atom. The smallest absolute Gasteiger partial charge is 0.277 e. The number of hydrazone groups is 1. The molecular formula is C17H15N5O6. The molecule has 28 heavy (non-hydrogen) atoms. The Morgan fingerprint density at radius 3 is 1.89 bits per heavy atom. The molecular weight excluding hydrogens is 370 g/mol. The first-order chi connectivity index (χ1) is 13.2. The van der Waals surface area contributed by atoms with E-state index in [9.17, 15) is 29.8 Å². The third kappa shape index (κ3) is 5.17. The fourth-order valence-electron chi connectivity index (χ4n) is 2.20. The number of nitrogens with one attached hydrogen (secondary N) is 2.